The van der Waals surface area contributed by atoms with Crippen molar-refractivity contribution in [3.8, 4) is 0 Å². The largest absolute Gasteiger partial charge is 0.455 e. The van der Waals surface area contributed by atoms with Crippen molar-refractivity contribution in [2.45, 2.75) is 79.1 Å². The summed E-state index contributed by atoms with van der Waals surface area (Å²) >= 11 is 0. The predicted octanol–water partition coefficient (Wildman–Crippen LogP) is 1.33. The summed E-state index contributed by atoms with van der Waals surface area (Å²) in [5.74, 6) is -1.56. The van der Waals surface area contributed by atoms with Crippen molar-refractivity contribution in [1.29, 1.82) is 0 Å². The highest BCUT2D eigenvalue weighted by Crippen LogP contribution is 2.31. The topological polar surface area (TPSA) is 120 Å². The Morgan fingerprint density at radius 3 is 1.93 bits per heavy atom. The molecule has 9 nitrogen and oxygen atoms in total. The van der Waals surface area contributed by atoms with Crippen LogP contribution in [0.2, 0.25) is 0 Å². The number of aliphatic hydroxyl groups is 1. The lowest BCUT2D eigenvalue weighted by Crippen LogP contribution is -2.67. The fraction of sp³-hybridized carbons (Fsp3) is 0.762. The van der Waals surface area contributed by atoms with E-state index in [9.17, 15) is 19.5 Å². The molecule has 2 N–H and O–H groups in total. The van der Waals surface area contributed by atoms with Crippen LogP contribution in [-0.4, -0.2) is 66.8 Å². The quantitative estimate of drug-likeness (QED) is 0.459. The summed E-state index contributed by atoms with van der Waals surface area (Å²) in [4.78, 5) is 37.1. The molecule has 1 amide bonds. The van der Waals surface area contributed by atoms with Gasteiger partial charge in [-0.15, -0.1) is 6.58 Å². The van der Waals surface area contributed by atoms with Crippen LogP contribution in [0.15, 0.2) is 12.7 Å². The van der Waals surface area contributed by atoms with Crippen molar-refractivity contribution in [2.75, 3.05) is 13.2 Å². The van der Waals surface area contributed by atoms with E-state index in [2.05, 4.69) is 11.9 Å². The zero-order valence-corrected chi connectivity index (χ0v) is 18.9. The van der Waals surface area contributed by atoms with E-state index in [0.29, 0.717) is 0 Å². The Morgan fingerprint density at radius 2 is 1.53 bits per heavy atom. The van der Waals surface area contributed by atoms with Crippen LogP contribution in [0, 0.1) is 10.8 Å². The maximum Gasteiger partial charge on any atom is 0.311 e. The zero-order valence-electron chi connectivity index (χ0n) is 18.9. The number of amides is 1. The van der Waals surface area contributed by atoms with Gasteiger partial charge in [0.15, 0.2) is 18.5 Å². The van der Waals surface area contributed by atoms with Gasteiger partial charge < -0.3 is 29.4 Å². The second kappa shape index (κ2) is 10.4. The molecule has 1 fully saturated rings. The van der Waals surface area contributed by atoms with Gasteiger partial charge in [-0.1, -0.05) is 6.08 Å². The number of hydrogen-bond donors (Lipinski definition) is 2. The standard InChI is InChI=1S/C21H35NO8/c1-9-10-27-17-14(22-12(2)24)16(30-19(26)21(6,7)8)15(13(11-23)28-17)29-18(25)20(3,4)5/h9,13-17,23H,1,10-11H2,2-8H3,(H,22,24)/t13-,14-,15+,16-,17+/m1/s1. The van der Waals surface area contributed by atoms with E-state index in [1.54, 1.807) is 41.5 Å². The molecule has 5 atom stereocenters. The number of nitrogens with one attached hydrogen (secondary N) is 1. The summed E-state index contributed by atoms with van der Waals surface area (Å²) in [7, 11) is 0. The Kier molecular flexibility index (Phi) is 9.01. The first-order chi connectivity index (χ1) is 13.7. The molecule has 30 heavy (non-hydrogen) atoms. The van der Waals surface area contributed by atoms with E-state index in [4.69, 9.17) is 18.9 Å². The van der Waals surface area contributed by atoms with Gasteiger partial charge in [0.1, 0.15) is 12.1 Å². The summed E-state index contributed by atoms with van der Waals surface area (Å²) in [5, 5.41) is 12.5. The molecule has 1 rings (SSSR count). The summed E-state index contributed by atoms with van der Waals surface area (Å²) < 4.78 is 22.7. The lowest BCUT2D eigenvalue weighted by atomic mass is 9.93. The van der Waals surface area contributed by atoms with Crippen LogP contribution in [-0.2, 0) is 33.3 Å². The van der Waals surface area contributed by atoms with Gasteiger partial charge in [0, 0.05) is 6.92 Å². The lowest BCUT2D eigenvalue weighted by Gasteiger charge is -2.45. The molecular formula is C21H35NO8. The maximum atomic E-state index is 12.7. The van der Waals surface area contributed by atoms with Crippen LogP contribution in [0.4, 0.5) is 0 Å². The second-order valence-electron chi connectivity index (χ2n) is 9.31. The third-order valence-corrected chi connectivity index (χ3v) is 4.29. The monoisotopic (exact) mass is 429 g/mol. The SMILES string of the molecule is C=CCO[C@H]1O[C@H](CO)[C@H](OC(=O)C(C)(C)C)[C@H](OC(=O)C(C)(C)C)[C@H]1NC(C)=O. The van der Waals surface area contributed by atoms with E-state index < -0.39 is 65.9 Å². The van der Waals surface area contributed by atoms with Crippen molar-refractivity contribution in [2.24, 2.45) is 10.8 Å². The van der Waals surface area contributed by atoms with Gasteiger partial charge in [0.25, 0.3) is 0 Å². The highest BCUT2D eigenvalue weighted by Gasteiger charge is 2.52. The molecule has 1 saturated heterocycles. The molecule has 172 valence electrons. The number of ether oxygens (including phenoxy) is 4. The van der Waals surface area contributed by atoms with Crippen LogP contribution >= 0.6 is 0 Å². The van der Waals surface area contributed by atoms with Crippen molar-refractivity contribution in [3.05, 3.63) is 12.7 Å². The molecular weight excluding hydrogens is 394 g/mol. The molecule has 0 bridgehead atoms. The molecule has 0 aromatic rings. The Labute approximate surface area is 178 Å². The van der Waals surface area contributed by atoms with E-state index in [1.807, 2.05) is 0 Å². The van der Waals surface area contributed by atoms with Gasteiger partial charge in [-0.3, -0.25) is 14.4 Å². The minimum absolute atomic E-state index is 0.0886. The van der Waals surface area contributed by atoms with Gasteiger partial charge in [-0.25, -0.2) is 0 Å². The first-order valence-corrected chi connectivity index (χ1v) is 9.90. The first kappa shape index (κ1) is 26.1. The van der Waals surface area contributed by atoms with Gasteiger partial charge >= 0.3 is 11.9 Å². The van der Waals surface area contributed by atoms with Gasteiger partial charge in [0.05, 0.1) is 24.0 Å². The van der Waals surface area contributed by atoms with Crippen molar-refractivity contribution in [3.63, 3.8) is 0 Å². The van der Waals surface area contributed by atoms with Crippen LogP contribution in [0.5, 0.6) is 0 Å². The minimum Gasteiger partial charge on any atom is -0.455 e. The molecule has 1 heterocycles. The molecule has 0 aromatic carbocycles. The summed E-state index contributed by atoms with van der Waals surface area (Å²) in [6.07, 6.45) is -2.91. The Balaban J connectivity index is 3.39. The minimum atomic E-state index is -1.16. The highest BCUT2D eigenvalue weighted by atomic mass is 16.7. The number of carbonyl (C=O) groups excluding carboxylic acids is 3. The molecule has 0 unspecified atom stereocenters. The highest BCUT2D eigenvalue weighted by molar-refractivity contribution is 5.77. The lowest BCUT2D eigenvalue weighted by molar-refractivity contribution is -0.277. The summed E-state index contributed by atoms with van der Waals surface area (Å²) in [6.45, 7) is 14.5. The average Bonchev–Trinajstić information content (AvgIpc) is 2.61. The van der Waals surface area contributed by atoms with Crippen molar-refractivity contribution < 1.29 is 38.4 Å². The summed E-state index contributed by atoms with van der Waals surface area (Å²) in [5.41, 5.74) is -1.71. The predicted molar refractivity (Wildman–Crippen MR) is 108 cm³/mol. The summed E-state index contributed by atoms with van der Waals surface area (Å²) in [6, 6.07) is -0.977. The number of esters is 2. The molecule has 1 aliphatic rings. The first-order valence-electron chi connectivity index (χ1n) is 9.90. The van der Waals surface area contributed by atoms with Crippen molar-refractivity contribution in [1.82, 2.24) is 5.32 Å². The van der Waals surface area contributed by atoms with E-state index in [0.717, 1.165) is 0 Å². The Hall–Kier alpha value is -1.97. The third-order valence-electron chi connectivity index (χ3n) is 4.29. The molecule has 1 aliphatic heterocycles. The molecule has 0 spiro atoms. The van der Waals surface area contributed by atoms with Crippen LogP contribution in [0.1, 0.15) is 48.5 Å². The fourth-order valence-electron chi connectivity index (χ4n) is 2.63. The van der Waals surface area contributed by atoms with E-state index in [1.165, 1.54) is 13.0 Å². The van der Waals surface area contributed by atoms with Crippen LogP contribution in [0.3, 0.4) is 0 Å². The zero-order chi connectivity index (χ0) is 23.3. The van der Waals surface area contributed by atoms with Gasteiger partial charge in [-0.2, -0.15) is 0 Å². The second-order valence-corrected chi connectivity index (χ2v) is 9.31. The van der Waals surface area contributed by atoms with Crippen LogP contribution in [0.25, 0.3) is 0 Å². The smallest absolute Gasteiger partial charge is 0.311 e. The number of hydrogen-bond acceptors (Lipinski definition) is 8. The number of carbonyl (C=O) groups is 3. The van der Waals surface area contributed by atoms with Gasteiger partial charge in [0.2, 0.25) is 5.91 Å². The molecule has 0 saturated carbocycles. The van der Waals surface area contributed by atoms with Gasteiger partial charge in [-0.05, 0) is 41.5 Å². The van der Waals surface area contributed by atoms with E-state index in [-0.39, 0.29) is 6.61 Å². The number of aliphatic hydroxyl groups excluding tert-OH is 1. The normalized spacial score (nSPS) is 27.1. The average molecular weight is 430 g/mol. The van der Waals surface area contributed by atoms with E-state index >= 15 is 0 Å². The third kappa shape index (κ3) is 7.07. The fourth-order valence-corrected chi connectivity index (χ4v) is 2.63. The maximum absolute atomic E-state index is 12.7. The Morgan fingerprint density at radius 1 is 1.03 bits per heavy atom. The molecule has 0 aromatic heterocycles. The van der Waals surface area contributed by atoms with Crippen molar-refractivity contribution >= 4 is 17.8 Å². The molecule has 0 aliphatic carbocycles. The van der Waals surface area contributed by atoms with Crippen LogP contribution < -0.4 is 5.32 Å². The molecule has 9 heteroatoms. The molecule has 0 radical (unpaired) electrons. The number of rotatable bonds is 7. The Bertz CT molecular complexity index is 634.